The van der Waals surface area contributed by atoms with Crippen molar-refractivity contribution in [3.63, 3.8) is 0 Å². The standard InChI is InChI=1S/C36H44N2O8/c1-36(2,3)46-35(42)37-22-14-13-21-31(34(41)45-27-30-19-11-6-12-20-30)38(23-32(39)43-25-28-15-7-4-8-16-28)24-33(40)44-26-29-17-9-5-10-18-29/h4-12,15-20,31H,13-14,21-27H2,1-3H3,(H,37,42). The summed E-state index contributed by atoms with van der Waals surface area (Å²) >= 11 is 0. The highest BCUT2D eigenvalue weighted by molar-refractivity contribution is 5.80. The maximum absolute atomic E-state index is 13.6. The third-order valence-corrected chi connectivity index (χ3v) is 6.66. The van der Waals surface area contributed by atoms with Crippen LogP contribution in [0.25, 0.3) is 0 Å². The number of nitrogens with one attached hydrogen (secondary N) is 1. The smallest absolute Gasteiger partial charge is 0.407 e. The molecule has 1 N–H and O–H groups in total. The Labute approximate surface area is 271 Å². The minimum atomic E-state index is -0.959. The molecule has 0 heterocycles. The summed E-state index contributed by atoms with van der Waals surface area (Å²) in [5.74, 6) is -1.80. The number of hydrogen-bond donors (Lipinski definition) is 1. The highest BCUT2D eigenvalue weighted by Crippen LogP contribution is 2.15. The Morgan fingerprint density at radius 1 is 0.652 bits per heavy atom. The zero-order valence-electron chi connectivity index (χ0n) is 26.8. The van der Waals surface area contributed by atoms with Crippen molar-refractivity contribution >= 4 is 24.0 Å². The zero-order valence-corrected chi connectivity index (χ0v) is 26.8. The first-order valence-corrected chi connectivity index (χ1v) is 15.4. The van der Waals surface area contributed by atoms with E-state index in [1.54, 1.807) is 20.8 Å². The molecule has 0 aliphatic carbocycles. The van der Waals surface area contributed by atoms with Gasteiger partial charge in [0.05, 0.1) is 13.1 Å². The van der Waals surface area contributed by atoms with Crippen molar-refractivity contribution in [2.75, 3.05) is 19.6 Å². The number of alkyl carbamates (subject to hydrolysis) is 1. The largest absolute Gasteiger partial charge is 0.460 e. The molecule has 0 aliphatic rings. The minimum Gasteiger partial charge on any atom is -0.460 e. The third kappa shape index (κ3) is 14.4. The SMILES string of the molecule is CC(C)(C)OC(=O)NCCCCC(C(=O)OCc1ccccc1)N(CC(=O)OCc1ccccc1)CC(=O)OCc1ccccc1. The van der Waals surface area contributed by atoms with Crippen LogP contribution in [0.15, 0.2) is 91.0 Å². The Bertz CT molecular complexity index is 1300. The van der Waals surface area contributed by atoms with Crippen LogP contribution < -0.4 is 5.32 Å². The van der Waals surface area contributed by atoms with Gasteiger partial charge in [0.2, 0.25) is 0 Å². The number of nitrogens with zero attached hydrogens (tertiary/aromatic N) is 1. The first-order chi connectivity index (χ1) is 22.1. The molecule has 0 saturated carbocycles. The lowest BCUT2D eigenvalue weighted by Crippen LogP contribution is -2.48. The number of amides is 1. The van der Waals surface area contributed by atoms with E-state index >= 15 is 0 Å². The molecule has 1 amide bonds. The molecule has 0 aromatic heterocycles. The summed E-state index contributed by atoms with van der Waals surface area (Å²) in [6.45, 7) is 5.10. The topological polar surface area (TPSA) is 120 Å². The van der Waals surface area contributed by atoms with Gasteiger partial charge in [0.15, 0.2) is 0 Å². The summed E-state index contributed by atoms with van der Waals surface area (Å²) < 4.78 is 21.9. The van der Waals surface area contributed by atoms with Gasteiger partial charge in [-0.2, -0.15) is 0 Å². The average Bonchev–Trinajstić information content (AvgIpc) is 3.04. The van der Waals surface area contributed by atoms with Crippen LogP contribution in [0.4, 0.5) is 4.79 Å². The van der Waals surface area contributed by atoms with E-state index < -0.39 is 35.6 Å². The lowest BCUT2D eigenvalue weighted by molar-refractivity contribution is -0.158. The van der Waals surface area contributed by atoms with Gasteiger partial charge < -0.3 is 24.3 Å². The van der Waals surface area contributed by atoms with E-state index in [2.05, 4.69) is 5.32 Å². The van der Waals surface area contributed by atoms with Gasteiger partial charge >= 0.3 is 24.0 Å². The van der Waals surface area contributed by atoms with Crippen LogP contribution in [0.1, 0.15) is 56.7 Å². The summed E-state index contributed by atoms with van der Waals surface area (Å²) in [6, 6.07) is 26.7. The molecule has 0 fully saturated rings. The van der Waals surface area contributed by atoms with Gasteiger partial charge in [0.1, 0.15) is 31.5 Å². The van der Waals surface area contributed by atoms with E-state index in [0.717, 1.165) is 16.7 Å². The lowest BCUT2D eigenvalue weighted by atomic mass is 10.1. The number of benzene rings is 3. The van der Waals surface area contributed by atoms with E-state index in [-0.39, 0.29) is 39.3 Å². The van der Waals surface area contributed by atoms with Crippen LogP contribution >= 0.6 is 0 Å². The lowest BCUT2D eigenvalue weighted by Gasteiger charge is -2.29. The predicted octanol–water partition coefficient (Wildman–Crippen LogP) is 5.58. The van der Waals surface area contributed by atoms with Gasteiger partial charge in [-0.1, -0.05) is 91.0 Å². The quantitative estimate of drug-likeness (QED) is 0.115. The number of esters is 3. The second kappa shape index (κ2) is 19.0. The highest BCUT2D eigenvalue weighted by atomic mass is 16.6. The van der Waals surface area contributed by atoms with Crippen molar-refractivity contribution in [3.05, 3.63) is 108 Å². The molecule has 46 heavy (non-hydrogen) atoms. The Morgan fingerprint density at radius 3 is 1.52 bits per heavy atom. The van der Waals surface area contributed by atoms with Crippen LogP contribution in [0.2, 0.25) is 0 Å². The normalized spacial score (nSPS) is 11.7. The van der Waals surface area contributed by atoms with Gasteiger partial charge in [-0.15, -0.1) is 0 Å². The van der Waals surface area contributed by atoms with E-state index in [9.17, 15) is 19.2 Å². The molecule has 3 aromatic carbocycles. The molecule has 0 bridgehead atoms. The van der Waals surface area contributed by atoms with Gasteiger partial charge in [-0.25, -0.2) is 4.79 Å². The number of unbranched alkanes of at least 4 members (excludes halogenated alkanes) is 1. The average molecular weight is 633 g/mol. The van der Waals surface area contributed by atoms with Crippen LogP contribution in [0.5, 0.6) is 0 Å². The summed E-state index contributed by atoms with van der Waals surface area (Å²) in [7, 11) is 0. The van der Waals surface area contributed by atoms with Gasteiger partial charge in [-0.3, -0.25) is 19.3 Å². The van der Waals surface area contributed by atoms with Crippen molar-refractivity contribution in [3.8, 4) is 0 Å². The van der Waals surface area contributed by atoms with E-state index in [1.165, 1.54) is 4.90 Å². The van der Waals surface area contributed by atoms with Crippen molar-refractivity contribution in [2.45, 2.75) is 71.5 Å². The van der Waals surface area contributed by atoms with Crippen LogP contribution in [-0.4, -0.2) is 60.2 Å². The number of carbonyl (C=O) groups excluding carboxylic acids is 4. The summed E-state index contributed by atoms with van der Waals surface area (Å²) in [4.78, 5) is 53.1. The molecule has 3 rings (SSSR count). The maximum atomic E-state index is 13.6. The molecule has 246 valence electrons. The Hall–Kier alpha value is -4.70. The van der Waals surface area contributed by atoms with Gasteiger partial charge in [0, 0.05) is 6.54 Å². The fourth-order valence-electron chi connectivity index (χ4n) is 4.42. The fraction of sp³-hybridized carbons (Fsp3) is 0.389. The van der Waals surface area contributed by atoms with E-state index in [0.29, 0.717) is 19.4 Å². The van der Waals surface area contributed by atoms with Crippen molar-refractivity contribution in [1.82, 2.24) is 10.2 Å². The molecule has 0 spiro atoms. The van der Waals surface area contributed by atoms with Crippen LogP contribution in [-0.2, 0) is 53.2 Å². The summed E-state index contributed by atoms with van der Waals surface area (Å²) in [5, 5.41) is 2.71. The van der Waals surface area contributed by atoms with Crippen LogP contribution in [0.3, 0.4) is 0 Å². The minimum absolute atomic E-state index is 0.0289. The Morgan fingerprint density at radius 2 is 1.09 bits per heavy atom. The predicted molar refractivity (Wildman–Crippen MR) is 172 cm³/mol. The highest BCUT2D eigenvalue weighted by Gasteiger charge is 2.31. The Kier molecular flexibility index (Phi) is 14.7. The summed E-state index contributed by atoms with van der Waals surface area (Å²) in [6.07, 6.45) is 0.721. The Balaban J connectivity index is 1.71. The van der Waals surface area contributed by atoms with Crippen molar-refractivity contribution in [2.24, 2.45) is 0 Å². The maximum Gasteiger partial charge on any atom is 0.407 e. The molecule has 0 saturated heterocycles. The number of rotatable bonds is 17. The first kappa shape index (κ1) is 35.8. The number of ether oxygens (including phenoxy) is 4. The van der Waals surface area contributed by atoms with Crippen molar-refractivity contribution < 1.29 is 38.1 Å². The molecular formula is C36H44N2O8. The number of hydrogen-bond acceptors (Lipinski definition) is 9. The molecule has 1 unspecified atom stereocenters. The molecule has 3 aromatic rings. The molecule has 1 atom stereocenters. The van der Waals surface area contributed by atoms with E-state index in [4.69, 9.17) is 18.9 Å². The second-order valence-electron chi connectivity index (χ2n) is 11.7. The second-order valence-corrected chi connectivity index (χ2v) is 11.7. The van der Waals surface area contributed by atoms with Crippen molar-refractivity contribution in [1.29, 1.82) is 0 Å². The first-order valence-electron chi connectivity index (χ1n) is 15.4. The van der Waals surface area contributed by atoms with Gasteiger partial charge in [-0.05, 0) is 56.7 Å². The van der Waals surface area contributed by atoms with Crippen LogP contribution in [0, 0.1) is 0 Å². The molecule has 10 nitrogen and oxygen atoms in total. The molecule has 0 aliphatic heterocycles. The molecular weight excluding hydrogens is 588 g/mol. The monoisotopic (exact) mass is 632 g/mol. The fourth-order valence-corrected chi connectivity index (χ4v) is 4.42. The van der Waals surface area contributed by atoms with E-state index in [1.807, 2.05) is 91.0 Å². The molecule has 10 heteroatoms. The summed E-state index contributed by atoms with van der Waals surface area (Å²) in [5.41, 5.74) is 1.79. The molecule has 0 radical (unpaired) electrons. The van der Waals surface area contributed by atoms with Gasteiger partial charge in [0.25, 0.3) is 0 Å². The zero-order chi connectivity index (χ0) is 33.2. The third-order valence-electron chi connectivity index (χ3n) is 6.66. The number of carbonyl (C=O) groups is 4.